The summed E-state index contributed by atoms with van der Waals surface area (Å²) in [5, 5.41) is 9.42. The third-order valence-corrected chi connectivity index (χ3v) is 2.37. The van der Waals surface area contributed by atoms with Crippen LogP contribution in [-0.4, -0.2) is 5.11 Å². The molecule has 3 N–H and O–H groups in total. The van der Waals surface area contributed by atoms with Crippen molar-refractivity contribution in [2.75, 3.05) is 0 Å². The van der Waals surface area contributed by atoms with Gasteiger partial charge in [-0.05, 0) is 22.0 Å². The first-order valence-electron chi connectivity index (χ1n) is 3.73. The highest BCUT2D eigenvalue weighted by molar-refractivity contribution is 9.10. The summed E-state index contributed by atoms with van der Waals surface area (Å²) in [6, 6.07) is -0.105. The summed E-state index contributed by atoms with van der Waals surface area (Å²) in [5.74, 6) is -2.63. The van der Waals surface area contributed by atoms with Crippen molar-refractivity contribution >= 4 is 15.9 Å². The summed E-state index contributed by atoms with van der Waals surface area (Å²) >= 11 is 2.88. The van der Waals surface area contributed by atoms with Gasteiger partial charge < -0.3 is 10.8 Å². The molecule has 1 aromatic carbocycles. The summed E-state index contributed by atoms with van der Waals surface area (Å²) in [6.07, 6.45) is 1.21. The third kappa shape index (κ3) is 1.78. The average Bonchev–Trinajstić information content (AvgIpc) is 2.15. The van der Waals surface area contributed by atoms with E-state index >= 15 is 0 Å². The van der Waals surface area contributed by atoms with E-state index < -0.39 is 23.4 Å². The van der Waals surface area contributed by atoms with Crippen LogP contribution >= 0.6 is 15.9 Å². The van der Waals surface area contributed by atoms with Crippen molar-refractivity contribution in [1.82, 2.24) is 0 Å². The van der Waals surface area contributed by atoms with Crippen LogP contribution in [0, 0.1) is 11.6 Å². The van der Waals surface area contributed by atoms with Crippen LogP contribution in [-0.2, 0) is 0 Å². The van der Waals surface area contributed by atoms with Gasteiger partial charge in [0, 0.05) is 0 Å². The Labute approximate surface area is 88.2 Å². The van der Waals surface area contributed by atoms with E-state index in [9.17, 15) is 13.9 Å². The van der Waals surface area contributed by atoms with Gasteiger partial charge in [0.25, 0.3) is 0 Å². The van der Waals surface area contributed by atoms with E-state index in [1.807, 2.05) is 0 Å². The van der Waals surface area contributed by atoms with Gasteiger partial charge in [-0.1, -0.05) is 6.08 Å². The molecule has 14 heavy (non-hydrogen) atoms. The lowest BCUT2D eigenvalue weighted by molar-refractivity contribution is 0.434. The lowest BCUT2D eigenvalue weighted by Gasteiger charge is -2.12. The normalized spacial score (nSPS) is 12.6. The molecule has 0 bridgehead atoms. The monoisotopic (exact) mass is 263 g/mol. The van der Waals surface area contributed by atoms with E-state index in [1.165, 1.54) is 6.08 Å². The van der Waals surface area contributed by atoms with Crippen LogP contribution in [0.25, 0.3) is 0 Å². The summed E-state index contributed by atoms with van der Waals surface area (Å²) in [6.45, 7) is 3.34. The molecular formula is C9H8BrF2NO. The van der Waals surface area contributed by atoms with Gasteiger partial charge in [0.1, 0.15) is 5.75 Å². The molecule has 0 aliphatic rings. The first-order valence-corrected chi connectivity index (χ1v) is 4.52. The first kappa shape index (κ1) is 11.1. The van der Waals surface area contributed by atoms with Crippen LogP contribution in [0.5, 0.6) is 5.75 Å². The largest absolute Gasteiger partial charge is 0.506 e. The second-order valence-corrected chi connectivity index (χ2v) is 3.53. The maximum Gasteiger partial charge on any atom is 0.167 e. The van der Waals surface area contributed by atoms with Crippen molar-refractivity contribution in [1.29, 1.82) is 0 Å². The molecule has 2 nitrogen and oxygen atoms in total. The van der Waals surface area contributed by atoms with Crippen molar-refractivity contribution < 1.29 is 13.9 Å². The van der Waals surface area contributed by atoms with E-state index in [0.29, 0.717) is 0 Å². The number of nitrogens with two attached hydrogens (primary N) is 1. The fourth-order valence-corrected chi connectivity index (χ4v) is 1.44. The van der Waals surface area contributed by atoms with Crippen molar-refractivity contribution in [2.24, 2.45) is 5.73 Å². The molecule has 0 saturated heterocycles. The molecule has 0 saturated carbocycles. The average molecular weight is 264 g/mol. The Morgan fingerprint density at radius 3 is 2.64 bits per heavy atom. The number of phenolic OH excluding ortho intramolecular Hbond substituents is 1. The van der Waals surface area contributed by atoms with Gasteiger partial charge in [-0.2, -0.15) is 0 Å². The summed E-state index contributed by atoms with van der Waals surface area (Å²) in [5.41, 5.74) is 5.13. The summed E-state index contributed by atoms with van der Waals surface area (Å²) in [7, 11) is 0. The highest BCUT2D eigenvalue weighted by Gasteiger charge is 2.20. The Hall–Kier alpha value is -0.940. The molecule has 0 aromatic heterocycles. The van der Waals surface area contributed by atoms with Gasteiger partial charge in [0.15, 0.2) is 11.6 Å². The molecule has 0 aliphatic heterocycles. The number of benzene rings is 1. The molecule has 0 aliphatic carbocycles. The van der Waals surface area contributed by atoms with Gasteiger partial charge in [-0.25, -0.2) is 8.78 Å². The molecule has 0 radical (unpaired) electrons. The predicted molar refractivity (Wildman–Crippen MR) is 52.8 cm³/mol. The Balaban J connectivity index is 3.46. The molecule has 0 fully saturated rings. The number of hydrogen-bond acceptors (Lipinski definition) is 2. The standard InChI is InChI=1S/C9H8BrF2NO/c1-2-6(13)7-8(12)5(11)3-4(10)9(7)14/h2-3,6,14H,1,13H2/t6-/m1/s1. The van der Waals surface area contributed by atoms with Gasteiger partial charge in [0.05, 0.1) is 16.1 Å². The minimum absolute atomic E-state index is 0.0590. The van der Waals surface area contributed by atoms with E-state index in [1.54, 1.807) is 0 Å². The Kier molecular flexibility index (Phi) is 3.23. The van der Waals surface area contributed by atoms with Gasteiger partial charge in [-0.3, -0.25) is 0 Å². The topological polar surface area (TPSA) is 46.2 Å². The lowest BCUT2D eigenvalue weighted by Crippen LogP contribution is -2.10. The summed E-state index contributed by atoms with van der Waals surface area (Å²) < 4.78 is 26.2. The van der Waals surface area contributed by atoms with E-state index in [-0.39, 0.29) is 10.0 Å². The van der Waals surface area contributed by atoms with E-state index in [4.69, 9.17) is 5.73 Å². The predicted octanol–water partition coefficient (Wildman–Crippen LogP) is 2.62. The number of rotatable bonds is 2. The van der Waals surface area contributed by atoms with Gasteiger partial charge >= 0.3 is 0 Å². The zero-order chi connectivity index (χ0) is 10.9. The molecule has 1 atom stereocenters. The summed E-state index contributed by atoms with van der Waals surface area (Å²) in [4.78, 5) is 0. The SMILES string of the molecule is C=C[C@@H](N)c1c(O)c(Br)cc(F)c1F. The van der Waals surface area contributed by atoms with Crippen molar-refractivity contribution in [3.8, 4) is 5.75 Å². The van der Waals surface area contributed by atoms with E-state index in [0.717, 1.165) is 6.07 Å². The lowest BCUT2D eigenvalue weighted by atomic mass is 10.1. The second kappa shape index (κ2) is 4.06. The Morgan fingerprint density at radius 1 is 1.57 bits per heavy atom. The molecule has 0 unspecified atom stereocenters. The highest BCUT2D eigenvalue weighted by Crippen LogP contribution is 2.35. The molecule has 0 spiro atoms. The van der Waals surface area contributed by atoms with Crippen LogP contribution in [0.2, 0.25) is 0 Å². The molecule has 0 amide bonds. The van der Waals surface area contributed by atoms with Crippen LogP contribution in [0.1, 0.15) is 11.6 Å². The van der Waals surface area contributed by atoms with Crippen LogP contribution in [0.3, 0.4) is 0 Å². The van der Waals surface area contributed by atoms with Crippen molar-refractivity contribution in [3.63, 3.8) is 0 Å². The fourth-order valence-electron chi connectivity index (χ4n) is 1.03. The fraction of sp³-hybridized carbons (Fsp3) is 0.111. The van der Waals surface area contributed by atoms with Crippen molar-refractivity contribution in [2.45, 2.75) is 6.04 Å². The maximum absolute atomic E-state index is 13.2. The highest BCUT2D eigenvalue weighted by atomic mass is 79.9. The molecular weight excluding hydrogens is 256 g/mol. The molecule has 76 valence electrons. The maximum atomic E-state index is 13.2. The molecule has 1 rings (SSSR count). The zero-order valence-electron chi connectivity index (χ0n) is 7.10. The molecule has 5 heteroatoms. The smallest absolute Gasteiger partial charge is 0.167 e. The van der Waals surface area contributed by atoms with Gasteiger partial charge in [-0.15, -0.1) is 6.58 Å². The Morgan fingerprint density at radius 2 is 2.14 bits per heavy atom. The quantitative estimate of drug-likeness (QED) is 0.637. The number of phenols is 1. The number of aromatic hydroxyl groups is 1. The number of hydrogen-bond donors (Lipinski definition) is 2. The van der Waals surface area contributed by atoms with Crippen molar-refractivity contribution in [3.05, 3.63) is 40.4 Å². The van der Waals surface area contributed by atoms with Crippen LogP contribution in [0.15, 0.2) is 23.2 Å². The molecule has 1 aromatic rings. The molecule has 0 heterocycles. The van der Waals surface area contributed by atoms with Gasteiger partial charge in [0.2, 0.25) is 0 Å². The van der Waals surface area contributed by atoms with E-state index in [2.05, 4.69) is 22.5 Å². The minimum Gasteiger partial charge on any atom is -0.506 e. The minimum atomic E-state index is -1.15. The second-order valence-electron chi connectivity index (χ2n) is 2.68. The van der Waals surface area contributed by atoms with Crippen LogP contribution in [0.4, 0.5) is 8.78 Å². The third-order valence-electron chi connectivity index (χ3n) is 1.77. The zero-order valence-corrected chi connectivity index (χ0v) is 8.68. The van der Waals surface area contributed by atoms with Crippen LogP contribution < -0.4 is 5.73 Å². The number of halogens is 3. The first-order chi connectivity index (χ1) is 6.49. The Bertz CT molecular complexity index is 355.